The quantitative estimate of drug-likeness (QED) is 0.638. The minimum absolute atomic E-state index is 0.496. The Bertz CT molecular complexity index is 135. The largest absolute Gasteiger partial charge is 0.374 e. The molecule has 0 aromatic rings. The summed E-state index contributed by atoms with van der Waals surface area (Å²) in [5, 5.41) is 0. The van der Waals surface area contributed by atoms with Crippen molar-refractivity contribution in [2.45, 2.75) is 59.7 Å². The lowest BCUT2D eigenvalue weighted by Crippen LogP contribution is -2.44. The van der Waals surface area contributed by atoms with Crippen LogP contribution in [-0.4, -0.2) is 12.2 Å². The van der Waals surface area contributed by atoms with Crippen LogP contribution >= 0.6 is 0 Å². The third kappa shape index (κ3) is 2.07. The molecular weight excluding hydrogens is 160 g/mol. The molecule has 1 fully saturated rings. The molecule has 5 atom stereocenters. The lowest BCUT2D eigenvalue weighted by atomic mass is 9.75. The highest BCUT2D eigenvalue weighted by atomic mass is 16.5. The third-order valence-corrected chi connectivity index (χ3v) is 3.99. The first-order chi connectivity index (χ1) is 6.11. The molecule has 0 amide bonds. The second kappa shape index (κ2) is 4.45. The first kappa shape index (κ1) is 11.0. The van der Waals surface area contributed by atoms with E-state index in [9.17, 15) is 0 Å². The van der Waals surface area contributed by atoms with Gasteiger partial charge in [-0.15, -0.1) is 0 Å². The zero-order valence-corrected chi connectivity index (χ0v) is 9.71. The average molecular weight is 184 g/mol. The maximum Gasteiger partial charge on any atom is 0.0604 e. The molecule has 1 aliphatic rings. The van der Waals surface area contributed by atoms with Gasteiger partial charge in [0.2, 0.25) is 0 Å². The Hall–Kier alpha value is -0.0400. The molecule has 0 aromatic heterocycles. The number of hydrogen-bond acceptors (Lipinski definition) is 1. The Kier molecular flexibility index (Phi) is 3.78. The van der Waals surface area contributed by atoms with Crippen molar-refractivity contribution < 1.29 is 4.74 Å². The molecule has 1 heteroatoms. The SMILES string of the molecule is CCC1O[C@H](CC)C(C)C(C)[C@H]1C. The summed E-state index contributed by atoms with van der Waals surface area (Å²) in [6.45, 7) is 11.5. The van der Waals surface area contributed by atoms with Gasteiger partial charge in [-0.05, 0) is 30.6 Å². The van der Waals surface area contributed by atoms with Gasteiger partial charge in [-0.2, -0.15) is 0 Å². The van der Waals surface area contributed by atoms with Gasteiger partial charge in [-0.25, -0.2) is 0 Å². The summed E-state index contributed by atoms with van der Waals surface area (Å²) in [4.78, 5) is 0. The second-order valence-electron chi connectivity index (χ2n) is 4.61. The van der Waals surface area contributed by atoms with E-state index in [0.29, 0.717) is 12.2 Å². The van der Waals surface area contributed by atoms with Crippen molar-refractivity contribution in [2.24, 2.45) is 17.8 Å². The first-order valence-electron chi connectivity index (χ1n) is 5.77. The van der Waals surface area contributed by atoms with Crippen molar-refractivity contribution in [3.8, 4) is 0 Å². The molecule has 3 unspecified atom stereocenters. The number of hydrogen-bond donors (Lipinski definition) is 0. The van der Waals surface area contributed by atoms with Crippen molar-refractivity contribution in [3.05, 3.63) is 0 Å². The minimum atomic E-state index is 0.496. The van der Waals surface area contributed by atoms with E-state index < -0.39 is 0 Å². The van der Waals surface area contributed by atoms with Gasteiger partial charge in [-0.3, -0.25) is 0 Å². The Morgan fingerprint density at radius 2 is 1.15 bits per heavy atom. The molecule has 13 heavy (non-hydrogen) atoms. The molecule has 1 heterocycles. The zero-order chi connectivity index (χ0) is 10.0. The Morgan fingerprint density at radius 1 is 0.769 bits per heavy atom. The number of ether oxygens (including phenoxy) is 1. The molecule has 0 aromatic carbocycles. The lowest BCUT2D eigenvalue weighted by Gasteiger charge is -2.43. The second-order valence-corrected chi connectivity index (χ2v) is 4.61. The van der Waals surface area contributed by atoms with Gasteiger partial charge in [-0.1, -0.05) is 34.6 Å². The van der Waals surface area contributed by atoms with Gasteiger partial charge in [0.25, 0.3) is 0 Å². The average Bonchev–Trinajstić information content (AvgIpc) is 2.15. The highest BCUT2D eigenvalue weighted by molar-refractivity contribution is 4.84. The van der Waals surface area contributed by atoms with Crippen LogP contribution < -0.4 is 0 Å². The predicted molar refractivity (Wildman–Crippen MR) is 56.7 cm³/mol. The van der Waals surface area contributed by atoms with Crippen LogP contribution in [0.2, 0.25) is 0 Å². The maximum atomic E-state index is 6.08. The van der Waals surface area contributed by atoms with Gasteiger partial charge >= 0.3 is 0 Å². The maximum absolute atomic E-state index is 6.08. The van der Waals surface area contributed by atoms with E-state index in [-0.39, 0.29) is 0 Å². The van der Waals surface area contributed by atoms with Gasteiger partial charge in [0.05, 0.1) is 12.2 Å². The van der Waals surface area contributed by atoms with Crippen molar-refractivity contribution >= 4 is 0 Å². The van der Waals surface area contributed by atoms with E-state index in [1.165, 1.54) is 0 Å². The summed E-state index contributed by atoms with van der Waals surface area (Å²) in [5.74, 6) is 2.26. The van der Waals surface area contributed by atoms with E-state index in [0.717, 1.165) is 30.6 Å². The lowest BCUT2D eigenvalue weighted by molar-refractivity contribution is -0.134. The molecule has 0 spiro atoms. The molecule has 1 aliphatic heterocycles. The van der Waals surface area contributed by atoms with Gasteiger partial charge in [0.1, 0.15) is 0 Å². The fourth-order valence-corrected chi connectivity index (χ4v) is 2.56. The highest BCUT2D eigenvalue weighted by Gasteiger charge is 2.36. The van der Waals surface area contributed by atoms with Gasteiger partial charge < -0.3 is 4.74 Å². The molecule has 0 bridgehead atoms. The topological polar surface area (TPSA) is 9.23 Å². The summed E-state index contributed by atoms with van der Waals surface area (Å²) in [5.41, 5.74) is 0. The molecule has 0 radical (unpaired) electrons. The summed E-state index contributed by atoms with van der Waals surface area (Å²) in [7, 11) is 0. The number of rotatable bonds is 2. The highest BCUT2D eigenvalue weighted by Crippen LogP contribution is 2.36. The summed E-state index contributed by atoms with van der Waals surface area (Å²) in [6.07, 6.45) is 3.32. The van der Waals surface area contributed by atoms with Crippen LogP contribution in [0, 0.1) is 17.8 Å². The standard InChI is InChI=1S/C12H24O/c1-6-11-9(4)8(3)10(5)12(7-2)13-11/h8-12H,6-7H2,1-5H3/t8?,9-,10?,11?,12-/m1/s1. The predicted octanol–water partition coefficient (Wildman–Crippen LogP) is 3.48. The van der Waals surface area contributed by atoms with Gasteiger partial charge in [0.15, 0.2) is 0 Å². The molecule has 1 saturated heterocycles. The van der Waals surface area contributed by atoms with E-state index in [1.807, 2.05) is 0 Å². The van der Waals surface area contributed by atoms with Crippen LogP contribution in [0.25, 0.3) is 0 Å². The van der Waals surface area contributed by atoms with E-state index in [2.05, 4.69) is 34.6 Å². The third-order valence-electron chi connectivity index (χ3n) is 3.99. The Labute approximate surface area is 82.9 Å². The van der Waals surface area contributed by atoms with Crippen molar-refractivity contribution in [3.63, 3.8) is 0 Å². The van der Waals surface area contributed by atoms with Crippen LogP contribution in [-0.2, 0) is 4.74 Å². The molecule has 1 rings (SSSR count). The zero-order valence-electron chi connectivity index (χ0n) is 9.71. The van der Waals surface area contributed by atoms with Crippen molar-refractivity contribution in [1.29, 1.82) is 0 Å². The van der Waals surface area contributed by atoms with Crippen molar-refractivity contribution in [1.82, 2.24) is 0 Å². The molecule has 78 valence electrons. The van der Waals surface area contributed by atoms with Crippen molar-refractivity contribution in [2.75, 3.05) is 0 Å². The van der Waals surface area contributed by atoms with Crippen LogP contribution in [0.15, 0.2) is 0 Å². The fraction of sp³-hybridized carbons (Fsp3) is 1.00. The minimum Gasteiger partial charge on any atom is -0.374 e. The smallest absolute Gasteiger partial charge is 0.0604 e. The summed E-state index contributed by atoms with van der Waals surface area (Å²) in [6, 6.07) is 0. The van der Waals surface area contributed by atoms with Gasteiger partial charge in [0, 0.05) is 0 Å². The van der Waals surface area contributed by atoms with Crippen LogP contribution in [0.1, 0.15) is 47.5 Å². The molecule has 0 aliphatic carbocycles. The molecular formula is C12H24O. The van der Waals surface area contributed by atoms with E-state index >= 15 is 0 Å². The van der Waals surface area contributed by atoms with Crippen LogP contribution in [0.5, 0.6) is 0 Å². The first-order valence-corrected chi connectivity index (χ1v) is 5.77. The molecule has 0 saturated carbocycles. The van der Waals surface area contributed by atoms with Crippen LogP contribution in [0.3, 0.4) is 0 Å². The Balaban J connectivity index is 2.66. The fourth-order valence-electron chi connectivity index (χ4n) is 2.56. The normalized spacial score (nSPS) is 46.4. The van der Waals surface area contributed by atoms with E-state index in [1.54, 1.807) is 0 Å². The summed E-state index contributed by atoms with van der Waals surface area (Å²) >= 11 is 0. The van der Waals surface area contributed by atoms with Crippen LogP contribution in [0.4, 0.5) is 0 Å². The monoisotopic (exact) mass is 184 g/mol. The summed E-state index contributed by atoms with van der Waals surface area (Å²) < 4.78 is 6.08. The molecule has 1 nitrogen and oxygen atoms in total. The molecule has 0 N–H and O–H groups in total. The Morgan fingerprint density at radius 3 is 1.46 bits per heavy atom. The van der Waals surface area contributed by atoms with E-state index in [4.69, 9.17) is 4.74 Å².